The van der Waals surface area contributed by atoms with Crippen LogP contribution in [-0.4, -0.2) is 11.2 Å². The summed E-state index contributed by atoms with van der Waals surface area (Å²) in [5.41, 5.74) is 6.54. The summed E-state index contributed by atoms with van der Waals surface area (Å²) in [5.74, 6) is 1.30. The van der Waals surface area contributed by atoms with Gasteiger partial charge in [-0.2, -0.15) is 0 Å². The predicted molar refractivity (Wildman–Crippen MR) is 85.6 cm³/mol. The maximum Gasteiger partial charge on any atom is 0.138 e. The van der Waals surface area contributed by atoms with Gasteiger partial charge in [-0.3, -0.25) is 0 Å². The third-order valence-corrected chi connectivity index (χ3v) is 3.70. The molecule has 0 spiro atoms. The molecule has 0 heterocycles. The molecule has 0 aliphatic carbocycles. The number of rotatable bonds is 4. The number of halogens is 1. The van der Waals surface area contributed by atoms with E-state index in [1.54, 1.807) is 23.9 Å². The molecule has 0 aromatic heterocycles. The molecule has 0 atom stereocenters. The van der Waals surface area contributed by atoms with Crippen LogP contribution >= 0.6 is 35.6 Å². The van der Waals surface area contributed by atoms with Gasteiger partial charge in [-0.05, 0) is 36.6 Å². The highest BCUT2D eigenvalue weighted by molar-refractivity contribution is 7.98. The first-order chi connectivity index (χ1) is 9.11. The van der Waals surface area contributed by atoms with Gasteiger partial charge in [0.15, 0.2) is 0 Å². The van der Waals surface area contributed by atoms with Crippen molar-refractivity contribution in [2.24, 2.45) is 5.73 Å². The molecule has 5 heteroatoms. The highest BCUT2D eigenvalue weighted by Crippen LogP contribution is 2.32. The van der Waals surface area contributed by atoms with Crippen molar-refractivity contribution in [3.05, 3.63) is 53.1 Å². The van der Waals surface area contributed by atoms with Gasteiger partial charge in [-0.15, -0.1) is 11.8 Å². The van der Waals surface area contributed by atoms with Crippen LogP contribution in [-0.2, 0) is 0 Å². The third-order valence-electron chi connectivity index (χ3n) is 2.48. The zero-order valence-electron chi connectivity index (χ0n) is 10.2. The second-order valence-electron chi connectivity index (χ2n) is 3.76. The Morgan fingerprint density at radius 3 is 2.63 bits per heavy atom. The van der Waals surface area contributed by atoms with Crippen LogP contribution in [0.4, 0.5) is 0 Å². The minimum Gasteiger partial charge on any atom is -0.457 e. The number of nitrogens with two attached hydrogens (primary N) is 1. The van der Waals surface area contributed by atoms with Crippen LogP contribution in [0, 0.1) is 0 Å². The van der Waals surface area contributed by atoms with E-state index in [1.807, 2.05) is 36.6 Å². The molecule has 0 bridgehead atoms. The van der Waals surface area contributed by atoms with Crippen LogP contribution in [0.2, 0.25) is 5.02 Å². The van der Waals surface area contributed by atoms with Crippen molar-refractivity contribution in [3.8, 4) is 11.5 Å². The van der Waals surface area contributed by atoms with Crippen LogP contribution in [0.1, 0.15) is 5.56 Å². The number of hydrogen-bond acceptors (Lipinski definition) is 3. The molecule has 0 amide bonds. The topological polar surface area (TPSA) is 35.2 Å². The highest BCUT2D eigenvalue weighted by Gasteiger charge is 2.12. The number of thioether (sulfide) groups is 1. The first kappa shape index (κ1) is 14.2. The first-order valence-electron chi connectivity index (χ1n) is 5.52. The van der Waals surface area contributed by atoms with Gasteiger partial charge in [0.2, 0.25) is 0 Å². The largest absolute Gasteiger partial charge is 0.457 e. The Labute approximate surface area is 126 Å². The van der Waals surface area contributed by atoms with Gasteiger partial charge in [-0.25, -0.2) is 0 Å². The molecule has 0 radical (unpaired) electrons. The van der Waals surface area contributed by atoms with Crippen molar-refractivity contribution in [3.63, 3.8) is 0 Å². The van der Waals surface area contributed by atoms with Crippen LogP contribution in [0.15, 0.2) is 47.4 Å². The molecule has 2 aromatic carbocycles. The Hall–Kier alpha value is -1.23. The fourth-order valence-corrected chi connectivity index (χ4v) is 2.75. The van der Waals surface area contributed by atoms with Crippen molar-refractivity contribution in [2.45, 2.75) is 4.90 Å². The molecule has 2 N–H and O–H groups in total. The highest BCUT2D eigenvalue weighted by atomic mass is 35.5. The Morgan fingerprint density at radius 2 is 2.00 bits per heavy atom. The molecule has 0 aliphatic rings. The van der Waals surface area contributed by atoms with E-state index >= 15 is 0 Å². The van der Waals surface area contributed by atoms with E-state index in [0.29, 0.717) is 21.5 Å². The molecule has 0 saturated carbocycles. The summed E-state index contributed by atoms with van der Waals surface area (Å²) in [5, 5.41) is 0.621. The molecule has 2 nitrogen and oxygen atoms in total. The molecule has 0 fully saturated rings. The molecule has 19 heavy (non-hydrogen) atoms. The van der Waals surface area contributed by atoms with E-state index < -0.39 is 0 Å². The van der Waals surface area contributed by atoms with Crippen molar-refractivity contribution < 1.29 is 4.74 Å². The fourth-order valence-electron chi connectivity index (χ4n) is 1.67. The van der Waals surface area contributed by atoms with E-state index in [9.17, 15) is 0 Å². The Morgan fingerprint density at radius 1 is 1.26 bits per heavy atom. The van der Waals surface area contributed by atoms with E-state index in [2.05, 4.69) is 0 Å². The number of benzene rings is 2. The van der Waals surface area contributed by atoms with E-state index in [4.69, 9.17) is 34.3 Å². The maximum absolute atomic E-state index is 5.94. The lowest BCUT2D eigenvalue weighted by atomic mass is 10.2. The van der Waals surface area contributed by atoms with Crippen molar-refractivity contribution in [1.29, 1.82) is 0 Å². The van der Waals surface area contributed by atoms with Gasteiger partial charge in [-0.1, -0.05) is 36.0 Å². The van der Waals surface area contributed by atoms with Crippen molar-refractivity contribution in [2.75, 3.05) is 6.26 Å². The smallest absolute Gasteiger partial charge is 0.138 e. The van der Waals surface area contributed by atoms with Gasteiger partial charge in [0.25, 0.3) is 0 Å². The molecule has 2 rings (SSSR count). The number of thiocarbonyl (C=S) groups is 1. The zero-order chi connectivity index (χ0) is 13.8. The molecule has 2 aromatic rings. The van der Waals surface area contributed by atoms with E-state index in [1.165, 1.54) is 0 Å². The molecule has 98 valence electrons. The molecule has 0 unspecified atom stereocenters. The molecular formula is C14H12ClNOS2. The lowest BCUT2D eigenvalue weighted by molar-refractivity contribution is 0.480. The van der Waals surface area contributed by atoms with Gasteiger partial charge in [0, 0.05) is 9.92 Å². The minimum absolute atomic E-state index is 0.321. The summed E-state index contributed by atoms with van der Waals surface area (Å²) in [4.78, 5) is 1.31. The predicted octanol–water partition coefficient (Wildman–Crippen LogP) is 4.49. The Kier molecular flexibility index (Phi) is 4.69. The number of ether oxygens (including phenoxy) is 1. The normalized spacial score (nSPS) is 10.2. The second kappa shape index (κ2) is 6.28. The summed E-state index contributed by atoms with van der Waals surface area (Å²) >= 11 is 12.6. The minimum atomic E-state index is 0.321. The van der Waals surface area contributed by atoms with Crippen LogP contribution < -0.4 is 10.5 Å². The van der Waals surface area contributed by atoms with Crippen molar-refractivity contribution in [1.82, 2.24) is 0 Å². The van der Waals surface area contributed by atoms with Crippen LogP contribution in [0.3, 0.4) is 0 Å². The average Bonchev–Trinajstić information content (AvgIpc) is 2.38. The molecule has 0 aliphatic heterocycles. The zero-order valence-corrected chi connectivity index (χ0v) is 12.6. The lowest BCUT2D eigenvalue weighted by Crippen LogP contribution is -2.12. The SMILES string of the molecule is CSc1cccc(Oc2cccc(Cl)c2)c1C(N)=S. The van der Waals surface area contributed by atoms with Crippen molar-refractivity contribution >= 4 is 40.6 Å². The third kappa shape index (κ3) is 3.41. The molecular weight excluding hydrogens is 298 g/mol. The van der Waals surface area contributed by atoms with Gasteiger partial charge >= 0.3 is 0 Å². The summed E-state index contributed by atoms with van der Waals surface area (Å²) in [6, 6.07) is 12.9. The first-order valence-corrected chi connectivity index (χ1v) is 7.53. The standard InChI is InChI=1S/C14H12ClNOS2/c1-19-12-7-3-6-11(13(12)14(16)18)17-10-5-2-4-9(15)8-10/h2-8H,1H3,(H2,16,18). The molecule has 0 saturated heterocycles. The summed E-state index contributed by atoms with van der Waals surface area (Å²) in [6.45, 7) is 0. The lowest BCUT2D eigenvalue weighted by Gasteiger charge is -2.13. The van der Waals surface area contributed by atoms with E-state index in [-0.39, 0.29) is 0 Å². The summed E-state index contributed by atoms with van der Waals surface area (Å²) in [6.07, 6.45) is 1.97. The number of hydrogen-bond donors (Lipinski definition) is 1. The quantitative estimate of drug-likeness (QED) is 0.667. The van der Waals surface area contributed by atoms with Crippen LogP contribution in [0.5, 0.6) is 11.5 Å². The van der Waals surface area contributed by atoms with Gasteiger partial charge < -0.3 is 10.5 Å². The monoisotopic (exact) mass is 309 g/mol. The summed E-state index contributed by atoms with van der Waals surface area (Å²) in [7, 11) is 0. The second-order valence-corrected chi connectivity index (χ2v) is 5.48. The van der Waals surface area contributed by atoms with Crippen LogP contribution in [0.25, 0.3) is 0 Å². The van der Waals surface area contributed by atoms with E-state index in [0.717, 1.165) is 10.5 Å². The van der Waals surface area contributed by atoms with Gasteiger partial charge in [0.1, 0.15) is 16.5 Å². The van der Waals surface area contributed by atoms with Gasteiger partial charge in [0.05, 0.1) is 5.56 Å². The Balaban J connectivity index is 2.42. The average molecular weight is 310 g/mol. The maximum atomic E-state index is 5.94. The summed E-state index contributed by atoms with van der Waals surface area (Å²) < 4.78 is 5.83. The Bertz CT molecular complexity index is 616. The fraction of sp³-hybridized carbons (Fsp3) is 0.0714.